The molecule has 0 bridgehead atoms. The number of benzene rings is 3. The highest BCUT2D eigenvalue weighted by atomic mass is 35.5. The van der Waals surface area contributed by atoms with E-state index in [2.05, 4.69) is 0 Å². The molecule has 5 heteroatoms. The van der Waals surface area contributed by atoms with E-state index in [-0.39, 0.29) is 17.8 Å². The van der Waals surface area contributed by atoms with Gasteiger partial charge in [0.25, 0.3) is 0 Å². The summed E-state index contributed by atoms with van der Waals surface area (Å²) in [6.07, 6.45) is 0.828. The zero-order chi connectivity index (χ0) is 21.1. The van der Waals surface area contributed by atoms with E-state index >= 15 is 0 Å². The Morgan fingerprint density at radius 1 is 0.967 bits per heavy atom. The van der Waals surface area contributed by atoms with Gasteiger partial charge in [-0.2, -0.15) is 0 Å². The molecule has 0 amide bonds. The number of rotatable bonds is 6. The van der Waals surface area contributed by atoms with Crippen molar-refractivity contribution in [1.82, 2.24) is 0 Å². The van der Waals surface area contributed by atoms with Crippen molar-refractivity contribution in [3.63, 3.8) is 0 Å². The van der Waals surface area contributed by atoms with Gasteiger partial charge in [-0.3, -0.25) is 4.79 Å². The van der Waals surface area contributed by atoms with Gasteiger partial charge in [0, 0.05) is 10.6 Å². The van der Waals surface area contributed by atoms with Gasteiger partial charge in [-0.25, -0.2) is 0 Å². The maximum absolute atomic E-state index is 13.4. The minimum Gasteiger partial charge on any atom is -0.497 e. The van der Waals surface area contributed by atoms with Gasteiger partial charge in [-0.05, 0) is 66.1 Å². The normalized spacial score (nSPS) is 10.9. The minimum atomic E-state index is -0.195. The third-order valence-corrected chi connectivity index (χ3v) is 5.18. The van der Waals surface area contributed by atoms with E-state index in [1.54, 1.807) is 13.2 Å². The predicted octanol–water partition coefficient (Wildman–Crippen LogP) is 6.26. The topological polar surface area (TPSA) is 48.7 Å². The number of halogens is 1. The van der Waals surface area contributed by atoms with Gasteiger partial charge < -0.3 is 13.9 Å². The van der Waals surface area contributed by atoms with E-state index < -0.39 is 0 Å². The van der Waals surface area contributed by atoms with Crippen molar-refractivity contribution in [2.75, 3.05) is 7.11 Å². The van der Waals surface area contributed by atoms with E-state index in [9.17, 15) is 4.79 Å². The largest absolute Gasteiger partial charge is 0.497 e. The summed E-state index contributed by atoms with van der Waals surface area (Å²) in [5.74, 6) is 1.29. The van der Waals surface area contributed by atoms with Gasteiger partial charge >= 0.3 is 0 Å². The third kappa shape index (κ3) is 4.05. The number of methoxy groups -OCH3 is 1. The maximum atomic E-state index is 13.4. The fraction of sp³-hybridized carbons (Fsp3) is 0.160. The lowest BCUT2D eigenvalue weighted by Gasteiger charge is -2.13. The monoisotopic (exact) mass is 420 g/mol. The first-order valence-corrected chi connectivity index (χ1v) is 10.1. The first-order valence-electron chi connectivity index (χ1n) is 9.70. The number of fused-ring (bicyclic) bond motifs is 1. The van der Waals surface area contributed by atoms with Gasteiger partial charge in [-0.15, -0.1) is 0 Å². The van der Waals surface area contributed by atoms with Crippen LogP contribution in [-0.2, 0) is 13.0 Å². The Hall–Kier alpha value is -3.24. The van der Waals surface area contributed by atoms with Crippen LogP contribution in [0.4, 0.5) is 0 Å². The molecule has 0 unspecified atom stereocenters. The molecule has 0 saturated carbocycles. The lowest BCUT2D eigenvalue weighted by atomic mass is 10.1. The summed E-state index contributed by atoms with van der Waals surface area (Å²) < 4.78 is 17.4. The van der Waals surface area contributed by atoms with Crippen LogP contribution in [0.1, 0.15) is 18.1 Å². The van der Waals surface area contributed by atoms with Gasteiger partial charge in [0.1, 0.15) is 17.9 Å². The van der Waals surface area contributed by atoms with Crippen LogP contribution in [0.25, 0.3) is 22.3 Å². The van der Waals surface area contributed by atoms with Crippen molar-refractivity contribution in [3.05, 3.63) is 93.1 Å². The van der Waals surface area contributed by atoms with E-state index in [1.165, 1.54) is 0 Å². The summed E-state index contributed by atoms with van der Waals surface area (Å²) in [6, 6.07) is 20.4. The zero-order valence-electron chi connectivity index (χ0n) is 16.8. The summed E-state index contributed by atoms with van der Waals surface area (Å²) in [7, 11) is 1.61. The van der Waals surface area contributed by atoms with Crippen LogP contribution in [0.2, 0.25) is 5.02 Å². The molecule has 152 valence electrons. The number of ether oxygens (including phenoxy) is 2. The molecule has 1 aromatic heterocycles. The molecule has 1 heterocycles. The summed E-state index contributed by atoms with van der Waals surface area (Å²) in [5, 5.41) is 1.12. The first-order chi connectivity index (χ1) is 14.6. The molecule has 0 spiro atoms. The molecule has 0 fully saturated rings. The molecule has 4 rings (SSSR count). The smallest absolute Gasteiger partial charge is 0.235 e. The molecule has 0 radical (unpaired) electrons. The van der Waals surface area contributed by atoms with Crippen LogP contribution in [0, 0.1) is 0 Å². The average molecular weight is 421 g/mol. The molecular formula is C25H21ClO4. The molecule has 0 aliphatic carbocycles. The molecule has 30 heavy (non-hydrogen) atoms. The zero-order valence-corrected chi connectivity index (χ0v) is 17.5. The second-order valence-electron chi connectivity index (χ2n) is 6.92. The van der Waals surface area contributed by atoms with Crippen molar-refractivity contribution in [3.8, 4) is 22.8 Å². The summed E-state index contributed by atoms with van der Waals surface area (Å²) in [4.78, 5) is 13.4. The Morgan fingerprint density at radius 3 is 2.47 bits per heavy atom. The molecule has 0 aliphatic heterocycles. The summed E-state index contributed by atoms with van der Waals surface area (Å²) >= 11 is 6.08. The van der Waals surface area contributed by atoms with Crippen LogP contribution >= 0.6 is 11.6 Å². The molecule has 0 N–H and O–H groups in total. The standard InChI is InChI=1S/C25H21ClO4/c1-3-16-7-12-22-21(14-16)23(27)25(29-15-17-5-4-6-19(26)13-17)24(30-22)18-8-10-20(28-2)11-9-18/h4-14H,3,15H2,1-2H3. The SMILES string of the molecule is CCc1ccc2oc(-c3ccc(OC)cc3)c(OCc3cccc(Cl)c3)c(=O)c2c1. The number of hydrogen-bond donors (Lipinski definition) is 0. The molecule has 0 aliphatic rings. The molecular weight excluding hydrogens is 400 g/mol. The number of aryl methyl sites for hydroxylation is 1. The lowest BCUT2D eigenvalue weighted by molar-refractivity contribution is 0.298. The van der Waals surface area contributed by atoms with Crippen LogP contribution in [0.15, 0.2) is 75.9 Å². The summed E-state index contributed by atoms with van der Waals surface area (Å²) in [6.45, 7) is 2.25. The quantitative estimate of drug-likeness (QED) is 0.369. The molecule has 0 atom stereocenters. The molecule has 3 aromatic carbocycles. The fourth-order valence-electron chi connectivity index (χ4n) is 3.29. The Kier molecular flexibility index (Phi) is 5.77. The predicted molar refractivity (Wildman–Crippen MR) is 120 cm³/mol. The van der Waals surface area contributed by atoms with E-state index in [0.29, 0.717) is 21.8 Å². The fourth-order valence-corrected chi connectivity index (χ4v) is 3.50. The van der Waals surface area contributed by atoms with Crippen molar-refractivity contribution in [2.24, 2.45) is 0 Å². The number of hydrogen-bond acceptors (Lipinski definition) is 4. The Labute approximate surface area is 179 Å². The van der Waals surface area contributed by atoms with E-state index in [0.717, 1.165) is 28.9 Å². The highest BCUT2D eigenvalue weighted by molar-refractivity contribution is 6.30. The first kappa shape index (κ1) is 20.0. The second-order valence-corrected chi connectivity index (χ2v) is 7.36. The van der Waals surface area contributed by atoms with Crippen molar-refractivity contribution in [1.29, 1.82) is 0 Å². The van der Waals surface area contributed by atoms with Crippen LogP contribution in [-0.4, -0.2) is 7.11 Å². The Bertz CT molecular complexity index is 1240. The lowest BCUT2D eigenvalue weighted by Crippen LogP contribution is -2.10. The van der Waals surface area contributed by atoms with Crippen LogP contribution < -0.4 is 14.9 Å². The third-order valence-electron chi connectivity index (χ3n) is 4.95. The maximum Gasteiger partial charge on any atom is 0.235 e. The highest BCUT2D eigenvalue weighted by Crippen LogP contribution is 2.33. The van der Waals surface area contributed by atoms with E-state index in [4.69, 9.17) is 25.5 Å². The second kappa shape index (κ2) is 8.64. The summed E-state index contributed by atoms with van der Waals surface area (Å²) in [5.41, 5.74) is 2.99. The van der Waals surface area contributed by atoms with Crippen molar-refractivity contribution in [2.45, 2.75) is 20.0 Å². The van der Waals surface area contributed by atoms with Gasteiger partial charge in [-0.1, -0.05) is 36.7 Å². The Balaban J connectivity index is 1.84. The van der Waals surface area contributed by atoms with Gasteiger partial charge in [0.2, 0.25) is 11.2 Å². The average Bonchev–Trinajstić information content (AvgIpc) is 2.78. The molecule has 0 saturated heterocycles. The minimum absolute atomic E-state index is 0.181. The molecule has 4 aromatic rings. The van der Waals surface area contributed by atoms with Crippen molar-refractivity contribution >= 4 is 22.6 Å². The Morgan fingerprint density at radius 2 is 1.77 bits per heavy atom. The van der Waals surface area contributed by atoms with Gasteiger partial charge in [0.05, 0.1) is 12.5 Å². The van der Waals surface area contributed by atoms with E-state index in [1.807, 2.05) is 67.6 Å². The highest BCUT2D eigenvalue weighted by Gasteiger charge is 2.18. The van der Waals surface area contributed by atoms with Gasteiger partial charge in [0.15, 0.2) is 5.76 Å². The van der Waals surface area contributed by atoms with Crippen molar-refractivity contribution < 1.29 is 13.9 Å². The van der Waals surface area contributed by atoms with Crippen LogP contribution in [0.5, 0.6) is 11.5 Å². The van der Waals surface area contributed by atoms with Crippen LogP contribution in [0.3, 0.4) is 0 Å². The molecule has 4 nitrogen and oxygen atoms in total.